The molecule has 3 N–H and O–H groups in total. The lowest BCUT2D eigenvalue weighted by Crippen LogP contribution is -2.29. The molecule has 5 nitrogen and oxygen atoms in total. The molecule has 0 aliphatic rings. The second-order valence-electron chi connectivity index (χ2n) is 4.45. The van der Waals surface area contributed by atoms with Crippen LogP contribution >= 0.6 is 0 Å². The van der Waals surface area contributed by atoms with Gasteiger partial charge in [0.05, 0.1) is 6.61 Å². The maximum absolute atomic E-state index is 5.94. The zero-order valence-electron chi connectivity index (χ0n) is 11.6. The Morgan fingerprint density at radius 1 is 1.33 bits per heavy atom. The molecule has 1 aromatic rings. The predicted octanol–water partition coefficient (Wildman–Crippen LogP) is 2.11. The predicted molar refractivity (Wildman–Crippen MR) is 73.9 cm³/mol. The van der Waals surface area contributed by atoms with Crippen LogP contribution in [0.25, 0.3) is 0 Å². The number of rotatable bonds is 8. The number of nitrogens with one attached hydrogen (secondary N) is 1. The van der Waals surface area contributed by atoms with Crippen molar-refractivity contribution < 1.29 is 4.74 Å². The van der Waals surface area contributed by atoms with E-state index in [9.17, 15) is 0 Å². The lowest BCUT2D eigenvalue weighted by Gasteiger charge is -2.12. The summed E-state index contributed by atoms with van der Waals surface area (Å²) in [6.07, 6.45) is 3.05. The van der Waals surface area contributed by atoms with Gasteiger partial charge in [-0.2, -0.15) is 4.98 Å². The summed E-state index contributed by atoms with van der Waals surface area (Å²) in [5.41, 5.74) is 6.83. The number of ether oxygens (including phenoxy) is 1. The van der Waals surface area contributed by atoms with Crippen LogP contribution < -0.4 is 15.8 Å². The van der Waals surface area contributed by atoms with Gasteiger partial charge in [0.1, 0.15) is 0 Å². The van der Waals surface area contributed by atoms with E-state index in [1.165, 1.54) is 0 Å². The quantitative estimate of drug-likeness (QED) is 0.741. The first kappa shape index (κ1) is 14.7. The highest BCUT2D eigenvalue weighted by atomic mass is 16.5. The molecule has 0 bridgehead atoms. The third-order valence-corrected chi connectivity index (χ3v) is 2.47. The summed E-state index contributed by atoms with van der Waals surface area (Å²) in [5.74, 6) is 1.21. The molecular weight excluding hydrogens is 228 g/mol. The van der Waals surface area contributed by atoms with Gasteiger partial charge < -0.3 is 15.8 Å². The lowest BCUT2D eigenvalue weighted by molar-refractivity contribution is 0.305. The maximum Gasteiger partial charge on any atom is 0.226 e. The van der Waals surface area contributed by atoms with E-state index in [0.717, 1.165) is 25.0 Å². The van der Waals surface area contributed by atoms with Crippen LogP contribution in [0.15, 0.2) is 6.07 Å². The molecule has 0 amide bonds. The Balaban J connectivity index is 2.56. The van der Waals surface area contributed by atoms with Crippen molar-refractivity contribution in [2.75, 3.05) is 18.5 Å². The van der Waals surface area contributed by atoms with Crippen LogP contribution in [0.4, 0.5) is 5.95 Å². The van der Waals surface area contributed by atoms with Gasteiger partial charge in [-0.3, -0.25) is 0 Å². The van der Waals surface area contributed by atoms with Gasteiger partial charge in [-0.1, -0.05) is 20.3 Å². The minimum atomic E-state index is 0.138. The molecule has 0 radical (unpaired) electrons. The highest BCUT2D eigenvalue weighted by molar-refractivity contribution is 5.30. The van der Waals surface area contributed by atoms with Crippen molar-refractivity contribution in [2.45, 2.75) is 46.1 Å². The number of aromatic nitrogens is 2. The minimum absolute atomic E-state index is 0.138. The fourth-order valence-corrected chi connectivity index (χ4v) is 1.59. The van der Waals surface area contributed by atoms with Gasteiger partial charge in [0, 0.05) is 24.3 Å². The lowest BCUT2D eigenvalue weighted by atomic mass is 10.2. The molecule has 0 aliphatic heterocycles. The summed E-state index contributed by atoms with van der Waals surface area (Å²) >= 11 is 0. The molecule has 0 spiro atoms. The zero-order valence-corrected chi connectivity index (χ0v) is 11.6. The van der Waals surface area contributed by atoms with Crippen LogP contribution in [0.5, 0.6) is 5.88 Å². The first-order valence-corrected chi connectivity index (χ1v) is 6.63. The van der Waals surface area contributed by atoms with Crippen molar-refractivity contribution in [3.8, 4) is 5.88 Å². The molecule has 18 heavy (non-hydrogen) atoms. The van der Waals surface area contributed by atoms with E-state index in [-0.39, 0.29) is 6.04 Å². The van der Waals surface area contributed by atoms with Gasteiger partial charge >= 0.3 is 0 Å². The summed E-state index contributed by atoms with van der Waals surface area (Å²) in [7, 11) is 0. The Morgan fingerprint density at radius 3 is 2.78 bits per heavy atom. The standard InChI is InChI=1S/C13H24N4O/c1-4-6-11(14)9-15-13-16-10(3)8-12(17-13)18-7-5-2/h8,11H,4-7,9,14H2,1-3H3,(H,15,16,17). The monoisotopic (exact) mass is 252 g/mol. The van der Waals surface area contributed by atoms with E-state index in [4.69, 9.17) is 10.5 Å². The molecule has 0 saturated carbocycles. The van der Waals surface area contributed by atoms with Crippen molar-refractivity contribution in [1.29, 1.82) is 0 Å². The van der Waals surface area contributed by atoms with Crippen LogP contribution in [0.2, 0.25) is 0 Å². The maximum atomic E-state index is 5.94. The third-order valence-electron chi connectivity index (χ3n) is 2.47. The van der Waals surface area contributed by atoms with Crippen molar-refractivity contribution >= 4 is 5.95 Å². The SMILES string of the molecule is CCCOc1cc(C)nc(NCC(N)CCC)n1. The average Bonchev–Trinajstić information content (AvgIpc) is 2.34. The first-order chi connectivity index (χ1) is 8.65. The Kier molecular flexibility index (Phi) is 6.43. The smallest absolute Gasteiger partial charge is 0.226 e. The summed E-state index contributed by atoms with van der Waals surface area (Å²) in [4.78, 5) is 8.62. The van der Waals surface area contributed by atoms with Crippen LogP contribution in [-0.4, -0.2) is 29.2 Å². The first-order valence-electron chi connectivity index (χ1n) is 6.63. The Morgan fingerprint density at radius 2 is 2.11 bits per heavy atom. The molecule has 1 aromatic heterocycles. The molecule has 1 atom stereocenters. The molecular formula is C13H24N4O. The summed E-state index contributed by atoms with van der Waals surface area (Å²) in [6, 6.07) is 1.98. The zero-order chi connectivity index (χ0) is 13.4. The third kappa shape index (κ3) is 5.31. The molecule has 0 aromatic carbocycles. The van der Waals surface area contributed by atoms with E-state index in [1.54, 1.807) is 0 Å². The van der Waals surface area contributed by atoms with E-state index in [0.29, 0.717) is 25.0 Å². The van der Waals surface area contributed by atoms with E-state index >= 15 is 0 Å². The van der Waals surface area contributed by atoms with E-state index < -0.39 is 0 Å². The van der Waals surface area contributed by atoms with Crippen molar-refractivity contribution in [1.82, 2.24) is 9.97 Å². The Labute approximate surface area is 109 Å². The number of aryl methyl sites for hydroxylation is 1. The molecule has 1 unspecified atom stereocenters. The Hall–Kier alpha value is -1.36. The number of anilines is 1. The average molecular weight is 252 g/mol. The number of hydrogen-bond acceptors (Lipinski definition) is 5. The fraction of sp³-hybridized carbons (Fsp3) is 0.692. The van der Waals surface area contributed by atoms with E-state index in [1.807, 2.05) is 13.0 Å². The molecule has 0 aliphatic carbocycles. The largest absolute Gasteiger partial charge is 0.478 e. The second-order valence-corrected chi connectivity index (χ2v) is 4.45. The van der Waals surface area contributed by atoms with Gasteiger partial charge in [0.2, 0.25) is 11.8 Å². The summed E-state index contributed by atoms with van der Waals surface area (Å²) < 4.78 is 5.51. The summed E-state index contributed by atoms with van der Waals surface area (Å²) in [5, 5.41) is 3.16. The van der Waals surface area contributed by atoms with Gasteiger partial charge in [-0.05, 0) is 19.8 Å². The number of nitrogens with two attached hydrogens (primary N) is 1. The molecule has 5 heteroatoms. The van der Waals surface area contributed by atoms with Gasteiger partial charge in [0.15, 0.2) is 0 Å². The van der Waals surface area contributed by atoms with Crippen molar-refractivity contribution in [3.05, 3.63) is 11.8 Å². The van der Waals surface area contributed by atoms with E-state index in [2.05, 4.69) is 29.1 Å². The number of nitrogens with zero attached hydrogens (tertiary/aromatic N) is 2. The molecule has 0 saturated heterocycles. The molecule has 1 rings (SSSR count). The van der Waals surface area contributed by atoms with Crippen molar-refractivity contribution in [3.63, 3.8) is 0 Å². The molecule has 1 heterocycles. The normalized spacial score (nSPS) is 12.2. The van der Waals surface area contributed by atoms with Gasteiger partial charge in [-0.15, -0.1) is 0 Å². The van der Waals surface area contributed by atoms with Crippen LogP contribution in [0.1, 0.15) is 38.8 Å². The topological polar surface area (TPSA) is 73.1 Å². The van der Waals surface area contributed by atoms with Crippen molar-refractivity contribution in [2.24, 2.45) is 5.73 Å². The second kappa shape index (κ2) is 7.87. The van der Waals surface area contributed by atoms with Gasteiger partial charge in [-0.25, -0.2) is 4.98 Å². The van der Waals surface area contributed by atoms with Crippen LogP contribution in [0, 0.1) is 6.92 Å². The molecule has 0 fully saturated rings. The highest BCUT2D eigenvalue weighted by Crippen LogP contribution is 2.12. The highest BCUT2D eigenvalue weighted by Gasteiger charge is 2.05. The number of hydrogen-bond donors (Lipinski definition) is 2. The van der Waals surface area contributed by atoms with Crippen LogP contribution in [-0.2, 0) is 0 Å². The van der Waals surface area contributed by atoms with Gasteiger partial charge in [0.25, 0.3) is 0 Å². The fourth-order valence-electron chi connectivity index (χ4n) is 1.59. The van der Waals surface area contributed by atoms with Crippen LogP contribution in [0.3, 0.4) is 0 Å². The minimum Gasteiger partial charge on any atom is -0.478 e. The molecule has 102 valence electrons. The Bertz CT molecular complexity index is 357. The summed E-state index contributed by atoms with van der Waals surface area (Å²) in [6.45, 7) is 7.48.